The van der Waals surface area contributed by atoms with Gasteiger partial charge in [0.15, 0.2) is 12.5 Å². The summed E-state index contributed by atoms with van der Waals surface area (Å²) in [6, 6.07) is 28.8. The standard InChI is InChI=1S/C78H102ClN7O20/c1-51-18-17-25-66(95-10)78(94)47-65(104-75(92)81-78)53(3)73-77(5,106-73)67(46-70(89)84(8)64-44-55(42-51)43-52(2)72(64)79)105-74(91)54(4)83(7)69(88)28-30-96-32-34-98-36-38-100-40-41-101-39-37-99-35-33-97-31-29-80-68(87)26-27-71(90)103-50-86-57(45-56-19-11-16-24-63(56)86)48-82(6)85(9)76(93)102-49-62-60-22-14-12-20-58(60)59-21-13-15-23-61(59)62/h11-25,43-45,53-54,62,65-67,73,94H,26-42,46-50H2,1-10H3,(H,80,87)(H,81,92)/b25-17+,51-18+/t53-,54+,65+,66-,67+,73?,77+,78-/m1/s1. The van der Waals surface area contributed by atoms with E-state index in [1.54, 1.807) is 52.2 Å². The van der Waals surface area contributed by atoms with E-state index in [1.807, 2.05) is 91.2 Å². The summed E-state index contributed by atoms with van der Waals surface area (Å²) in [5.41, 5.74) is 6.13. The van der Waals surface area contributed by atoms with Gasteiger partial charge in [0, 0.05) is 77.6 Å². The van der Waals surface area contributed by atoms with E-state index >= 15 is 0 Å². The number of anilines is 1. The Morgan fingerprint density at radius 2 is 1.39 bits per heavy atom. The van der Waals surface area contributed by atoms with Crippen molar-refractivity contribution in [3.63, 3.8) is 0 Å². The van der Waals surface area contributed by atoms with E-state index in [1.165, 1.54) is 35.9 Å². The average molecular weight is 1490 g/mol. The minimum Gasteiger partial charge on any atom is -0.457 e. The summed E-state index contributed by atoms with van der Waals surface area (Å²) >= 11 is 6.84. The molecule has 4 bridgehead atoms. The van der Waals surface area contributed by atoms with Crippen LogP contribution < -0.4 is 15.5 Å². The smallest absolute Gasteiger partial charge is 0.424 e. The van der Waals surface area contributed by atoms with Crippen LogP contribution in [0.3, 0.4) is 0 Å². The largest absolute Gasteiger partial charge is 0.457 e. The highest BCUT2D eigenvalue weighted by molar-refractivity contribution is 6.34. The summed E-state index contributed by atoms with van der Waals surface area (Å²) in [7, 11) is 7.95. The van der Waals surface area contributed by atoms with Gasteiger partial charge < -0.3 is 81.6 Å². The third kappa shape index (κ3) is 21.7. The van der Waals surface area contributed by atoms with Crippen LogP contribution in [0, 0.1) is 12.8 Å². The minimum absolute atomic E-state index is 0.0410. The Labute approximate surface area is 624 Å². The van der Waals surface area contributed by atoms with Crippen molar-refractivity contribution in [3.8, 4) is 11.1 Å². The number of likely N-dealkylation sites (N-methyl/N-ethyl adjacent to an activating group) is 1. The number of aliphatic hydroxyl groups is 1. The number of benzene rings is 4. The number of amides is 5. The van der Waals surface area contributed by atoms with Gasteiger partial charge in [-0.3, -0.25) is 24.5 Å². The first kappa shape index (κ1) is 81.8. The lowest BCUT2D eigenvalue weighted by Crippen LogP contribution is -2.63. The molecule has 3 aliphatic heterocycles. The van der Waals surface area contributed by atoms with Crippen LogP contribution in [-0.2, 0) is 101 Å². The van der Waals surface area contributed by atoms with Crippen molar-refractivity contribution >= 4 is 70.0 Å². The molecule has 1 aromatic heterocycles. The molecular formula is C78H102ClN7O20. The molecule has 0 radical (unpaired) electrons. The summed E-state index contributed by atoms with van der Waals surface area (Å²) in [4.78, 5) is 96.4. The number of para-hydroxylation sites is 1. The number of ether oxygens (including phenoxy) is 12. The SMILES string of the molecule is CO[C@@H]1/C=C/C=C(\C)Cc2cc(C)c(Cl)c(c2)N(C)C(=O)C[C@H](OC(=O)[C@H](C)N(C)C(=O)CCOCCOCCOCCOCCOCCOCCNC(=O)CCC(=O)OCn2c(CN(C)N(C)C(=O)OCC3c4ccccc4-c4ccccc43)cc3ccccc32)[C@]2(C)OC2[C@H](C)[C@@H]2C[C@]1(O)NC(=O)O2. The fourth-order valence-corrected chi connectivity index (χ4v) is 13.5. The maximum Gasteiger partial charge on any atom is 0.424 e. The molecule has 1 unspecified atom stereocenters. The van der Waals surface area contributed by atoms with Gasteiger partial charge in [-0.15, -0.1) is 0 Å². The van der Waals surface area contributed by atoms with Crippen LogP contribution in [0.5, 0.6) is 0 Å². The fourth-order valence-electron chi connectivity index (χ4n) is 13.3. The Hall–Kier alpha value is -8.32. The van der Waals surface area contributed by atoms with Crippen LogP contribution in [-0.4, -0.2) is 236 Å². The number of allylic oxidation sites excluding steroid dienone is 3. The van der Waals surface area contributed by atoms with Gasteiger partial charge in [0.25, 0.3) is 0 Å². The van der Waals surface area contributed by atoms with Crippen LogP contribution in [0.1, 0.15) is 93.7 Å². The lowest BCUT2D eigenvalue weighted by molar-refractivity contribution is -0.162. The van der Waals surface area contributed by atoms with Gasteiger partial charge in [-0.1, -0.05) is 115 Å². The number of hydrogen-bond donors (Lipinski definition) is 3. The van der Waals surface area contributed by atoms with Crippen molar-refractivity contribution in [2.24, 2.45) is 5.92 Å². The van der Waals surface area contributed by atoms with Gasteiger partial charge in [-0.05, 0) is 85.7 Å². The van der Waals surface area contributed by atoms with Gasteiger partial charge in [-0.2, -0.15) is 0 Å². The molecule has 5 aromatic rings. The first-order chi connectivity index (χ1) is 50.9. The number of carbonyl (C=O) groups is 7. The molecule has 576 valence electrons. The maximum absolute atomic E-state index is 14.3. The second-order valence-corrected chi connectivity index (χ2v) is 27.6. The van der Waals surface area contributed by atoms with Crippen LogP contribution in [0.25, 0.3) is 22.0 Å². The highest BCUT2D eigenvalue weighted by Gasteiger charge is 2.64. The molecule has 8 atom stereocenters. The van der Waals surface area contributed by atoms with Gasteiger partial charge in [-0.25, -0.2) is 24.4 Å². The Kier molecular flexibility index (Phi) is 30.1. The summed E-state index contributed by atoms with van der Waals surface area (Å²) in [5, 5.41) is 21.6. The zero-order valence-corrected chi connectivity index (χ0v) is 63.1. The van der Waals surface area contributed by atoms with E-state index in [4.69, 9.17) is 68.4 Å². The molecule has 106 heavy (non-hydrogen) atoms. The van der Waals surface area contributed by atoms with Crippen molar-refractivity contribution in [1.29, 1.82) is 0 Å². The van der Waals surface area contributed by atoms with E-state index in [9.17, 15) is 38.7 Å². The fraction of sp³-hybridized carbons (Fsp3) is 0.526. The molecule has 2 saturated heterocycles. The highest BCUT2D eigenvalue weighted by atomic mass is 35.5. The van der Waals surface area contributed by atoms with E-state index in [2.05, 4.69) is 34.9 Å². The lowest BCUT2D eigenvalue weighted by Gasteiger charge is -2.42. The number of rotatable bonds is 35. The molecule has 27 nitrogen and oxygen atoms in total. The van der Waals surface area contributed by atoms with E-state index in [-0.39, 0.29) is 96.1 Å². The summed E-state index contributed by atoms with van der Waals surface area (Å²) in [5.74, 6) is -3.08. The molecule has 3 N–H and O–H groups in total. The maximum atomic E-state index is 14.3. The van der Waals surface area contributed by atoms with Crippen molar-refractivity contribution in [2.45, 2.75) is 134 Å². The Morgan fingerprint density at radius 1 is 0.783 bits per heavy atom. The van der Waals surface area contributed by atoms with Crippen molar-refractivity contribution in [3.05, 3.63) is 148 Å². The molecule has 4 aromatic carbocycles. The van der Waals surface area contributed by atoms with Crippen LogP contribution in [0.4, 0.5) is 15.3 Å². The number of epoxide rings is 1. The Bertz CT molecular complexity index is 3860. The molecular weight excluding hydrogens is 1390 g/mol. The normalized spacial score (nSPS) is 21.9. The summed E-state index contributed by atoms with van der Waals surface area (Å²) in [6.45, 7) is 12.9. The number of aromatic nitrogens is 1. The summed E-state index contributed by atoms with van der Waals surface area (Å²) in [6.07, 6.45) is 0.0830. The molecule has 4 aliphatic rings. The monoisotopic (exact) mass is 1490 g/mol. The van der Waals surface area contributed by atoms with E-state index < -0.39 is 77.7 Å². The Balaban J connectivity index is 0.582. The molecule has 4 heterocycles. The number of halogens is 1. The second-order valence-electron chi connectivity index (χ2n) is 27.2. The molecule has 28 heteroatoms. The number of esters is 2. The predicted molar refractivity (Wildman–Crippen MR) is 393 cm³/mol. The Morgan fingerprint density at radius 3 is 2.03 bits per heavy atom. The second kappa shape index (κ2) is 39.0. The quantitative estimate of drug-likeness (QED) is 0.0112. The number of nitrogens with one attached hydrogen (secondary N) is 2. The number of aryl methyl sites for hydroxylation is 1. The molecule has 5 amide bonds. The van der Waals surface area contributed by atoms with Crippen molar-refractivity contribution in [1.82, 2.24) is 30.1 Å². The molecule has 0 spiro atoms. The minimum atomic E-state index is -1.86. The number of nitrogens with zero attached hydrogens (tertiary/aromatic N) is 5. The highest BCUT2D eigenvalue weighted by Crippen LogP contribution is 2.50. The topological polar surface area (TPSA) is 296 Å². The van der Waals surface area contributed by atoms with Crippen LogP contribution >= 0.6 is 11.6 Å². The van der Waals surface area contributed by atoms with Gasteiger partial charge in [0.2, 0.25) is 17.7 Å². The lowest BCUT2D eigenvalue weighted by atomic mass is 9.83. The van der Waals surface area contributed by atoms with Gasteiger partial charge in [0.05, 0.1) is 127 Å². The number of methoxy groups -OCH3 is 1. The molecule has 9 rings (SSSR count). The third-order valence-electron chi connectivity index (χ3n) is 19.7. The van der Waals surface area contributed by atoms with Crippen LogP contribution in [0.15, 0.2) is 115 Å². The predicted octanol–water partition coefficient (Wildman–Crippen LogP) is 8.58. The van der Waals surface area contributed by atoms with E-state index in [0.29, 0.717) is 76.5 Å². The number of carbonyl (C=O) groups excluding carboxylic acids is 7. The van der Waals surface area contributed by atoms with Crippen molar-refractivity contribution < 1.29 is 95.5 Å². The first-order valence-electron chi connectivity index (χ1n) is 35.9. The van der Waals surface area contributed by atoms with Crippen molar-refractivity contribution in [2.75, 3.05) is 133 Å². The molecule has 0 saturated carbocycles. The number of hydrazine groups is 1. The zero-order valence-electron chi connectivity index (χ0n) is 62.3. The number of hydrogen-bond acceptors (Lipinski definition) is 21. The molecule has 2 fully saturated rings. The summed E-state index contributed by atoms with van der Waals surface area (Å²) < 4.78 is 70.9. The number of fused-ring (bicyclic) bond motifs is 9. The van der Waals surface area contributed by atoms with Gasteiger partial charge in [0.1, 0.15) is 36.6 Å². The average Bonchev–Trinajstić information content (AvgIpc) is 1.57. The van der Waals surface area contributed by atoms with Crippen LogP contribution in [0.2, 0.25) is 5.02 Å². The first-order valence-corrected chi connectivity index (χ1v) is 36.3. The zero-order chi connectivity index (χ0) is 76.1. The van der Waals surface area contributed by atoms with E-state index in [0.717, 1.165) is 55.6 Å². The van der Waals surface area contributed by atoms with Gasteiger partial charge >= 0.3 is 24.1 Å². The molecule has 1 aliphatic carbocycles. The number of alkyl carbamates (subject to hydrolysis) is 1. The third-order valence-corrected chi connectivity index (χ3v) is 20.2.